The molecule has 0 aromatic heterocycles. The highest BCUT2D eigenvalue weighted by molar-refractivity contribution is 7.93. The first-order valence-electron chi connectivity index (χ1n) is 7.15. The quantitative estimate of drug-likeness (QED) is 0.843. The maximum atomic E-state index is 13.0. The molecule has 2 aromatic rings. The molecular formula is C16H20N2O3S. The number of hydrogen-bond acceptors (Lipinski definition) is 4. The lowest BCUT2D eigenvalue weighted by atomic mass is 10.1. The predicted octanol–water partition coefficient (Wildman–Crippen LogP) is 1.47. The number of rotatable bonds is 6. The fourth-order valence-electron chi connectivity index (χ4n) is 2.49. The van der Waals surface area contributed by atoms with E-state index in [1.807, 2.05) is 18.2 Å². The Bertz CT molecular complexity index is 767. The zero-order chi connectivity index (χ0) is 16.2. The third-order valence-corrected chi connectivity index (χ3v) is 5.81. The fourth-order valence-corrected chi connectivity index (χ4v) is 4.43. The number of sulfone groups is 1. The van der Waals surface area contributed by atoms with Crippen LogP contribution in [0.25, 0.3) is 10.8 Å². The zero-order valence-electron chi connectivity index (χ0n) is 12.5. The van der Waals surface area contributed by atoms with E-state index >= 15 is 0 Å². The van der Waals surface area contributed by atoms with Crippen molar-refractivity contribution < 1.29 is 13.2 Å². The average molecular weight is 320 g/mol. The van der Waals surface area contributed by atoms with Gasteiger partial charge in [-0.3, -0.25) is 4.79 Å². The average Bonchev–Trinajstić information content (AvgIpc) is 2.54. The van der Waals surface area contributed by atoms with Crippen molar-refractivity contribution in [3.63, 3.8) is 0 Å². The molecular weight excluding hydrogens is 300 g/mol. The Kier molecular flexibility index (Phi) is 5.15. The molecule has 0 heterocycles. The normalized spacial score (nSPS) is 13.0. The summed E-state index contributed by atoms with van der Waals surface area (Å²) in [4.78, 5) is 12.2. The van der Waals surface area contributed by atoms with E-state index in [1.54, 1.807) is 24.3 Å². The molecule has 3 N–H and O–H groups in total. The number of fused-ring (bicyclic) bond motifs is 1. The van der Waals surface area contributed by atoms with E-state index in [-0.39, 0.29) is 11.3 Å². The molecule has 0 saturated heterocycles. The third-order valence-electron chi connectivity index (χ3n) is 3.64. The molecule has 1 amide bonds. The van der Waals surface area contributed by atoms with Gasteiger partial charge >= 0.3 is 0 Å². The Morgan fingerprint density at radius 2 is 1.86 bits per heavy atom. The second-order valence-corrected chi connectivity index (χ2v) is 7.15. The SMILES string of the molecule is CNC(=O)C(CCCN)S(=O)(=O)c1cccc2ccccc12. The van der Waals surface area contributed by atoms with Crippen LogP contribution in [0.3, 0.4) is 0 Å². The monoisotopic (exact) mass is 320 g/mol. The van der Waals surface area contributed by atoms with E-state index in [0.29, 0.717) is 18.4 Å². The lowest BCUT2D eigenvalue weighted by molar-refractivity contribution is -0.120. The summed E-state index contributed by atoms with van der Waals surface area (Å²) in [5, 5.41) is 2.78. The van der Waals surface area contributed by atoms with Gasteiger partial charge in [0.2, 0.25) is 5.91 Å². The van der Waals surface area contributed by atoms with Gasteiger partial charge in [-0.15, -0.1) is 0 Å². The van der Waals surface area contributed by atoms with E-state index in [0.717, 1.165) is 5.39 Å². The fraction of sp³-hybridized carbons (Fsp3) is 0.312. The third kappa shape index (κ3) is 3.13. The van der Waals surface area contributed by atoms with Crippen LogP contribution in [0.15, 0.2) is 47.4 Å². The van der Waals surface area contributed by atoms with Crippen molar-refractivity contribution in [1.82, 2.24) is 5.32 Å². The molecule has 0 radical (unpaired) electrons. The van der Waals surface area contributed by atoms with Crippen LogP contribution in [-0.2, 0) is 14.6 Å². The highest BCUT2D eigenvalue weighted by atomic mass is 32.2. The van der Waals surface area contributed by atoms with Crippen LogP contribution < -0.4 is 11.1 Å². The molecule has 0 saturated carbocycles. The largest absolute Gasteiger partial charge is 0.358 e. The van der Waals surface area contributed by atoms with Gasteiger partial charge in [0, 0.05) is 12.4 Å². The number of hydrogen-bond donors (Lipinski definition) is 2. The van der Waals surface area contributed by atoms with E-state index in [4.69, 9.17) is 5.73 Å². The van der Waals surface area contributed by atoms with Crippen LogP contribution in [0.1, 0.15) is 12.8 Å². The van der Waals surface area contributed by atoms with Gasteiger partial charge in [0.1, 0.15) is 5.25 Å². The van der Waals surface area contributed by atoms with E-state index in [1.165, 1.54) is 7.05 Å². The minimum Gasteiger partial charge on any atom is -0.358 e. The van der Waals surface area contributed by atoms with Gasteiger partial charge in [0.15, 0.2) is 9.84 Å². The van der Waals surface area contributed by atoms with Gasteiger partial charge in [-0.2, -0.15) is 0 Å². The molecule has 2 aromatic carbocycles. The van der Waals surface area contributed by atoms with E-state index in [9.17, 15) is 13.2 Å². The Balaban J connectivity index is 2.56. The summed E-state index contributed by atoms with van der Waals surface area (Å²) in [6.07, 6.45) is 0.684. The first kappa shape index (κ1) is 16.5. The molecule has 22 heavy (non-hydrogen) atoms. The Morgan fingerprint density at radius 1 is 1.18 bits per heavy atom. The zero-order valence-corrected chi connectivity index (χ0v) is 13.3. The smallest absolute Gasteiger partial charge is 0.238 e. The van der Waals surface area contributed by atoms with Crippen molar-refractivity contribution in [2.45, 2.75) is 23.0 Å². The van der Waals surface area contributed by atoms with Gasteiger partial charge in [-0.05, 0) is 30.8 Å². The van der Waals surface area contributed by atoms with Crippen molar-refractivity contribution in [2.24, 2.45) is 5.73 Å². The summed E-state index contributed by atoms with van der Waals surface area (Å²) in [6.45, 7) is 0.346. The van der Waals surface area contributed by atoms with Gasteiger partial charge in [0.25, 0.3) is 0 Å². The molecule has 6 heteroatoms. The number of amides is 1. The van der Waals surface area contributed by atoms with Crippen molar-refractivity contribution in [2.75, 3.05) is 13.6 Å². The second kappa shape index (κ2) is 6.89. The maximum Gasteiger partial charge on any atom is 0.238 e. The van der Waals surface area contributed by atoms with Crippen LogP contribution in [0.4, 0.5) is 0 Å². The van der Waals surface area contributed by atoms with Crippen molar-refractivity contribution in [1.29, 1.82) is 0 Å². The Morgan fingerprint density at radius 3 is 2.55 bits per heavy atom. The summed E-state index contributed by atoms with van der Waals surface area (Å²) in [7, 11) is -2.34. The van der Waals surface area contributed by atoms with Crippen LogP contribution in [0, 0.1) is 0 Å². The molecule has 118 valence electrons. The number of nitrogens with two attached hydrogens (primary N) is 1. The molecule has 2 rings (SSSR count). The van der Waals surface area contributed by atoms with Crippen LogP contribution in [-0.4, -0.2) is 33.2 Å². The first-order valence-corrected chi connectivity index (χ1v) is 8.70. The first-order chi connectivity index (χ1) is 10.5. The van der Waals surface area contributed by atoms with E-state index < -0.39 is 21.0 Å². The molecule has 5 nitrogen and oxygen atoms in total. The van der Waals surface area contributed by atoms with Crippen molar-refractivity contribution >= 4 is 26.5 Å². The minimum absolute atomic E-state index is 0.191. The summed E-state index contributed by atoms with van der Waals surface area (Å²) < 4.78 is 25.9. The Labute approximate surface area is 130 Å². The van der Waals surface area contributed by atoms with Crippen LogP contribution >= 0.6 is 0 Å². The number of carbonyl (C=O) groups is 1. The molecule has 1 unspecified atom stereocenters. The van der Waals surface area contributed by atoms with Gasteiger partial charge < -0.3 is 11.1 Å². The molecule has 1 atom stereocenters. The van der Waals surface area contributed by atoms with Gasteiger partial charge in [-0.25, -0.2) is 8.42 Å². The van der Waals surface area contributed by atoms with E-state index in [2.05, 4.69) is 5.32 Å². The van der Waals surface area contributed by atoms with Crippen molar-refractivity contribution in [3.05, 3.63) is 42.5 Å². The Hall–Kier alpha value is -1.92. The predicted molar refractivity (Wildman–Crippen MR) is 87.3 cm³/mol. The molecule has 0 bridgehead atoms. The van der Waals surface area contributed by atoms with Crippen LogP contribution in [0.2, 0.25) is 0 Å². The lowest BCUT2D eigenvalue weighted by Crippen LogP contribution is -2.38. The number of carbonyl (C=O) groups excluding carboxylic acids is 1. The van der Waals surface area contributed by atoms with Crippen molar-refractivity contribution in [3.8, 4) is 0 Å². The summed E-state index contributed by atoms with van der Waals surface area (Å²) >= 11 is 0. The van der Waals surface area contributed by atoms with Gasteiger partial charge in [0.05, 0.1) is 4.90 Å². The lowest BCUT2D eigenvalue weighted by Gasteiger charge is -2.17. The number of benzene rings is 2. The van der Waals surface area contributed by atoms with Crippen LogP contribution in [0.5, 0.6) is 0 Å². The summed E-state index contributed by atoms with van der Waals surface area (Å²) in [5.41, 5.74) is 5.46. The standard InChI is InChI=1S/C16H20N2O3S/c1-18-16(19)15(10-5-11-17)22(20,21)14-9-4-7-12-6-2-3-8-13(12)14/h2-4,6-9,15H,5,10-11,17H2,1H3,(H,18,19). The highest BCUT2D eigenvalue weighted by Gasteiger charge is 2.33. The second-order valence-electron chi connectivity index (χ2n) is 5.06. The molecule has 0 aliphatic carbocycles. The molecule has 0 aliphatic rings. The summed E-state index contributed by atoms with van der Waals surface area (Å²) in [5.74, 6) is -0.499. The molecule has 0 fully saturated rings. The minimum atomic E-state index is -3.78. The summed E-state index contributed by atoms with van der Waals surface area (Å²) in [6, 6.07) is 12.3. The molecule has 0 spiro atoms. The number of nitrogens with one attached hydrogen (secondary N) is 1. The maximum absolute atomic E-state index is 13.0. The van der Waals surface area contributed by atoms with Gasteiger partial charge in [-0.1, -0.05) is 36.4 Å². The highest BCUT2D eigenvalue weighted by Crippen LogP contribution is 2.27. The topological polar surface area (TPSA) is 89.3 Å². The molecule has 0 aliphatic heterocycles.